The van der Waals surface area contributed by atoms with Crippen LogP contribution < -0.4 is 5.32 Å². The predicted molar refractivity (Wildman–Crippen MR) is 129 cm³/mol. The van der Waals surface area contributed by atoms with Crippen molar-refractivity contribution in [2.24, 2.45) is 4.99 Å². The van der Waals surface area contributed by atoms with Gasteiger partial charge in [-0.25, -0.2) is 4.98 Å². The van der Waals surface area contributed by atoms with Gasteiger partial charge in [-0.1, -0.05) is 0 Å². The summed E-state index contributed by atoms with van der Waals surface area (Å²) < 4.78 is 5.47. The summed E-state index contributed by atoms with van der Waals surface area (Å²) in [6.07, 6.45) is 8.47. The topological polar surface area (TPSA) is 91.3 Å². The fraction of sp³-hybridized carbons (Fsp3) is 0.280. The maximum Gasteiger partial charge on any atom is 0.136 e. The molecule has 0 saturated carbocycles. The molecule has 4 aromatic rings. The number of nitrogens with one attached hydrogen (secondary N) is 2. The zero-order valence-corrected chi connectivity index (χ0v) is 18.3. The molecule has 0 bridgehead atoms. The van der Waals surface area contributed by atoms with Gasteiger partial charge in [-0.05, 0) is 41.5 Å². The summed E-state index contributed by atoms with van der Waals surface area (Å²) in [7, 11) is 0. The molecule has 8 nitrogen and oxygen atoms in total. The fourth-order valence-electron chi connectivity index (χ4n) is 4.44. The first-order chi connectivity index (χ1) is 16.3. The number of aliphatic imine (C=N–C) groups is 1. The van der Waals surface area contributed by atoms with E-state index in [4.69, 9.17) is 9.72 Å². The van der Waals surface area contributed by atoms with Crippen molar-refractivity contribution in [1.29, 1.82) is 0 Å². The molecule has 2 aliphatic heterocycles. The molecule has 0 unspecified atom stereocenters. The van der Waals surface area contributed by atoms with E-state index in [1.807, 2.05) is 36.9 Å². The van der Waals surface area contributed by atoms with Crippen LogP contribution in [-0.4, -0.2) is 57.6 Å². The van der Waals surface area contributed by atoms with Crippen molar-refractivity contribution in [1.82, 2.24) is 25.1 Å². The second-order valence-electron chi connectivity index (χ2n) is 8.49. The minimum absolute atomic E-state index is 0.633. The molecule has 0 aliphatic carbocycles. The molecule has 0 spiro atoms. The molecule has 2 N–H and O–H groups in total. The van der Waals surface area contributed by atoms with E-state index in [0.29, 0.717) is 6.54 Å². The van der Waals surface area contributed by atoms with E-state index < -0.39 is 0 Å². The van der Waals surface area contributed by atoms with Crippen molar-refractivity contribution in [2.75, 3.05) is 31.6 Å². The molecule has 33 heavy (non-hydrogen) atoms. The Labute approximate surface area is 191 Å². The van der Waals surface area contributed by atoms with Gasteiger partial charge < -0.3 is 10.1 Å². The zero-order valence-electron chi connectivity index (χ0n) is 18.3. The van der Waals surface area contributed by atoms with Gasteiger partial charge in [-0.15, -0.1) is 0 Å². The average molecular weight is 440 g/mol. The Balaban J connectivity index is 1.34. The Morgan fingerprint density at radius 2 is 2.00 bits per heavy atom. The first-order valence-electron chi connectivity index (χ1n) is 11.3. The molecule has 1 aromatic carbocycles. The van der Waals surface area contributed by atoms with E-state index in [2.05, 4.69) is 48.6 Å². The quantitative estimate of drug-likeness (QED) is 0.493. The molecule has 0 atom stereocenters. The standard InChI is InChI=1S/C25H25N7O/c1-2-23-20(14-28-31-23)10-21(1)29-25-22-15-26-4-3-18(22)11-24(30-25)19-9-17(12-27-13-19)16-32-5-7-33-8-6-32/h1-2,4,9-14H,3,5-8,15-16H2,(H,28,31)(H,29,30). The lowest BCUT2D eigenvalue weighted by Crippen LogP contribution is -2.35. The highest BCUT2D eigenvalue weighted by Crippen LogP contribution is 2.31. The van der Waals surface area contributed by atoms with Crippen LogP contribution in [0.15, 0.2) is 53.9 Å². The van der Waals surface area contributed by atoms with Crippen molar-refractivity contribution < 1.29 is 4.74 Å². The number of anilines is 2. The average Bonchev–Trinajstić information content (AvgIpc) is 3.33. The molecule has 5 heterocycles. The van der Waals surface area contributed by atoms with E-state index in [-0.39, 0.29) is 0 Å². The van der Waals surface area contributed by atoms with E-state index in [1.165, 1.54) is 11.1 Å². The smallest absolute Gasteiger partial charge is 0.136 e. The summed E-state index contributed by atoms with van der Waals surface area (Å²) in [5.74, 6) is 0.848. The van der Waals surface area contributed by atoms with E-state index in [0.717, 1.165) is 78.5 Å². The zero-order chi connectivity index (χ0) is 22.0. The minimum Gasteiger partial charge on any atom is -0.379 e. The summed E-state index contributed by atoms with van der Waals surface area (Å²) in [6.45, 7) is 5.00. The lowest BCUT2D eigenvalue weighted by atomic mass is 10.0. The molecule has 0 amide bonds. The van der Waals surface area contributed by atoms with Crippen LogP contribution in [0.25, 0.3) is 22.2 Å². The maximum atomic E-state index is 5.47. The van der Waals surface area contributed by atoms with Crippen molar-refractivity contribution in [3.63, 3.8) is 0 Å². The second kappa shape index (κ2) is 8.73. The van der Waals surface area contributed by atoms with Crippen molar-refractivity contribution in [2.45, 2.75) is 19.5 Å². The van der Waals surface area contributed by atoms with Gasteiger partial charge in [-0.2, -0.15) is 5.10 Å². The SMILES string of the molecule is C1=NCc2c(cc(-c3cncc(CN4CCOCC4)c3)nc2Nc2ccc3[nH]ncc3c2)C1. The number of aromatic amines is 1. The fourth-order valence-corrected chi connectivity index (χ4v) is 4.44. The highest BCUT2D eigenvalue weighted by molar-refractivity contribution is 5.83. The molecule has 3 aromatic heterocycles. The molecule has 2 aliphatic rings. The number of hydrogen-bond donors (Lipinski definition) is 2. The number of pyridine rings is 2. The third-order valence-corrected chi connectivity index (χ3v) is 6.21. The maximum absolute atomic E-state index is 5.47. The first kappa shape index (κ1) is 20.0. The number of ether oxygens (including phenoxy) is 1. The summed E-state index contributed by atoms with van der Waals surface area (Å²) in [4.78, 5) is 16.4. The van der Waals surface area contributed by atoms with Gasteiger partial charge >= 0.3 is 0 Å². The van der Waals surface area contributed by atoms with E-state index >= 15 is 0 Å². The first-order valence-corrected chi connectivity index (χ1v) is 11.3. The van der Waals surface area contributed by atoms with E-state index in [1.54, 1.807) is 0 Å². The second-order valence-corrected chi connectivity index (χ2v) is 8.49. The predicted octanol–water partition coefficient (Wildman–Crippen LogP) is 3.72. The van der Waals surface area contributed by atoms with Crippen LogP contribution in [0.5, 0.6) is 0 Å². The summed E-state index contributed by atoms with van der Waals surface area (Å²) >= 11 is 0. The molecule has 1 saturated heterocycles. The number of H-pyrrole nitrogens is 1. The van der Waals surface area contributed by atoms with Crippen molar-refractivity contribution in [3.05, 3.63) is 65.6 Å². The van der Waals surface area contributed by atoms with Crippen LogP contribution in [0.2, 0.25) is 0 Å². The van der Waals surface area contributed by atoms with Gasteiger partial charge in [0, 0.05) is 66.9 Å². The van der Waals surface area contributed by atoms with Crippen molar-refractivity contribution in [3.8, 4) is 11.3 Å². The minimum atomic E-state index is 0.633. The van der Waals surface area contributed by atoms with Crippen LogP contribution >= 0.6 is 0 Å². The molecule has 0 radical (unpaired) electrons. The Morgan fingerprint density at radius 1 is 1.06 bits per heavy atom. The summed E-state index contributed by atoms with van der Waals surface area (Å²) in [5, 5.41) is 11.7. The highest BCUT2D eigenvalue weighted by Gasteiger charge is 2.17. The number of hydrogen-bond acceptors (Lipinski definition) is 7. The third-order valence-electron chi connectivity index (χ3n) is 6.21. The van der Waals surface area contributed by atoms with Gasteiger partial charge in [0.25, 0.3) is 0 Å². The number of aromatic nitrogens is 4. The van der Waals surface area contributed by atoms with Crippen LogP contribution in [-0.2, 0) is 24.2 Å². The largest absolute Gasteiger partial charge is 0.379 e. The normalized spacial score (nSPS) is 16.1. The van der Waals surface area contributed by atoms with Gasteiger partial charge in [0.1, 0.15) is 5.82 Å². The van der Waals surface area contributed by atoms with Crippen LogP contribution in [0, 0.1) is 0 Å². The molecule has 6 rings (SSSR count). The number of morpholine rings is 1. The monoisotopic (exact) mass is 439 g/mol. The van der Waals surface area contributed by atoms with Gasteiger partial charge in [0.2, 0.25) is 0 Å². The third kappa shape index (κ3) is 4.22. The number of nitrogens with zero attached hydrogens (tertiary/aromatic N) is 5. The van der Waals surface area contributed by atoms with Crippen LogP contribution in [0.1, 0.15) is 16.7 Å². The Kier molecular flexibility index (Phi) is 5.29. The van der Waals surface area contributed by atoms with Gasteiger partial charge in [0.05, 0.1) is 37.2 Å². The lowest BCUT2D eigenvalue weighted by molar-refractivity contribution is 0.0341. The lowest BCUT2D eigenvalue weighted by Gasteiger charge is -2.26. The number of rotatable bonds is 5. The Bertz CT molecular complexity index is 1320. The molecule has 1 fully saturated rings. The molecular weight excluding hydrogens is 414 g/mol. The van der Waals surface area contributed by atoms with Crippen LogP contribution in [0.3, 0.4) is 0 Å². The summed E-state index contributed by atoms with van der Waals surface area (Å²) in [6, 6.07) is 10.5. The number of benzene rings is 1. The van der Waals surface area contributed by atoms with E-state index in [9.17, 15) is 0 Å². The molecule has 166 valence electrons. The Hall–Kier alpha value is -3.62. The summed E-state index contributed by atoms with van der Waals surface area (Å²) in [5.41, 5.74) is 7.52. The number of fused-ring (bicyclic) bond motifs is 2. The van der Waals surface area contributed by atoms with Gasteiger partial charge in [0.15, 0.2) is 0 Å². The van der Waals surface area contributed by atoms with Crippen molar-refractivity contribution >= 4 is 28.6 Å². The molecule has 8 heteroatoms. The highest BCUT2D eigenvalue weighted by atomic mass is 16.5. The molecular formula is C25H25N7O. The van der Waals surface area contributed by atoms with Gasteiger partial charge in [-0.3, -0.25) is 20.0 Å². The van der Waals surface area contributed by atoms with Crippen LogP contribution in [0.4, 0.5) is 11.5 Å². The Morgan fingerprint density at radius 3 is 2.94 bits per heavy atom.